The second-order valence-corrected chi connectivity index (χ2v) is 10.9. The third-order valence-electron chi connectivity index (χ3n) is 7.70. The molecular formula is C33H45N3O8. The van der Waals surface area contributed by atoms with Crippen molar-refractivity contribution in [2.45, 2.75) is 77.2 Å². The van der Waals surface area contributed by atoms with E-state index in [0.717, 1.165) is 48.8 Å². The van der Waals surface area contributed by atoms with E-state index < -0.39 is 5.97 Å². The summed E-state index contributed by atoms with van der Waals surface area (Å²) in [5, 5.41) is 17.8. The number of fused-ring (bicyclic) bond motifs is 3. The fraction of sp³-hybridized carbons (Fsp3) is 0.515. The number of methoxy groups -OCH3 is 3. The number of ether oxygens (including phenoxy) is 3. The molecule has 3 rings (SSSR count). The molecule has 2 amide bonds. The average molecular weight is 612 g/mol. The van der Waals surface area contributed by atoms with Gasteiger partial charge in [-0.05, 0) is 73.4 Å². The molecular weight excluding hydrogens is 566 g/mol. The number of carboxylic acids is 1. The summed E-state index contributed by atoms with van der Waals surface area (Å²) in [6, 6.07) is 6.79. The zero-order chi connectivity index (χ0) is 32.1. The van der Waals surface area contributed by atoms with E-state index in [1.165, 1.54) is 6.92 Å². The van der Waals surface area contributed by atoms with Crippen molar-refractivity contribution < 1.29 is 33.7 Å². The first-order chi connectivity index (χ1) is 21.2. The number of nitrogens with one attached hydrogen (secondary N) is 3. The Morgan fingerprint density at radius 2 is 1.59 bits per heavy atom. The van der Waals surface area contributed by atoms with Crippen LogP contribution in [-0.2, 0) is 20.8 Å². The minimum Gasteiger partial charge on any atom is -0.493 e. The van der Waals surface area contributed by atoms with Crippen molar-refractivity contribution in [3.8, 4) is 28.4 Å². The van der Waals surface area contributed by atoms with E-state index in [9.17, 15) is 19.2 Å². The number of hydrogen-bond acceptors (Lipinski definition) is 8. The number of carbonyl (C=O) groups excluding carboxylic acids is 2. The molecule has 4 N–H and O–H groups in total. The van der Waals surface area contributed by atoms with Gasteiger partial charge in [0.05, 0.1) is 33.1 Å². The van der Waals surface area contributed by atoms with Crippen LogP contribution in [-0.4, -0.2) is 57.3 Å². The molecule has 44 heavy (non-hydrogen) atoms. The highest BCUT2D eigenvalue weighted by atomic mass is 16.5. The molecule has 0 bridgehead atoms. The van der Waals surface area contributed by atoms with E-state index >= 15 is 0 Å². The quantitative estimate of drug-likeness (QED) is 0.188. The molecule has 2 aromatic carbocycles. The Kier molecular flexibility index (Phi) is 13.3. The Bertz CT molecular complexity index is 1380. The first kappa shape index (κ1) is 34.2. The van der Waals surface area contributed by atoms with E-state index in [0.29, 0.717) is 67.3 Å². The lowest BCUT2D eigenvalue weighted by Gasteiger charge is -2.19. The van der Waals surface area contributed by atoms with Gasteiger partial charge in [-0.1, -0.05) is 18.9 Å². The highest BCUT2D eigenvalue weighted by Crippen LogP contribution is 2.50. The zero-order valence-corrected chi connectivity index (χ0v) is 26.2. The molecule has 2 aromatic rings. The van der Waals surface area contributed by atoms with Crippen LogP contribution in [0, 0.1) is 0 Å². The van der Waals surface area contributed by atoms with E-state index in [-0.39, 0.29) is 29.7 Å². The lowest BCUT2D eigenvalue weighted by atomic mass is 9.95. The third-order valence-corrected chi connectivity index (χ3v) is 7.70. The predicted molar refractivity (Wildman–Crippen MR) is 169 cm³/mol. The number of rotatable bonds is 17. The summed E-state index contributed by atoms with van der Waals surface area (Å²) in [7, 11) is 4.69. The van der Waals surface area contributed by atoms with Gasteiger partial charge in [0.25, 0.3) is 0 Å². The lowest BCUT2D eigenvalue weighted by molar-refractivity contribution is -0.137. The van der Waals surface area contributed by atoms with E-state index in [4.69, 9.17) is 19.3 Å². The van der Waals surface area contributed by atoms with Crippen molar-refractivity contribution in [2.75, 3.05) is 39.7 Å². The summed E-state index contributed by atoms with van der Waals surface area (Å²) >= 11 is 0. The number of benzene rings is 1. The molecule has 0 heterocycles. The van der Waals surface area contributed by atoms with Crippen LogP contribution in [0.2, 0.25) is 0 Å². The van der Waals surface area contributed by atoms with Gasteiger partial charge in [0, 0.05) is 38.4 Å². The topological polar surface area (TPSA) is 152 Å². The molecule has 0 saturated heterocycles. The molecule has 1 atom stereocenters. The number of aryl methyl sites for hydroxylation is 1. The molecule has 0 radical (unpaired) electrons. The molecule has 0 aliphatic heterocycles. The van der Waals surface area contributed by atoms with Crippen LogP contribution in [0.4, 0.5) is 5.69 Å². The molecule has 0 unspecified atom stereocenters. The van der Waals surface area contributed by atoms with Crippen molar-refractivity contribution in [1.29, 1.82) is 0 Å². The number of anilines is 1. The van der Waals surface area contributed by atoms with Gasteiger partial charge in [0.15, 0.2) is 11.5 Å². The van der Waals surface area contributed by atoms with Crippen molar-refractivity contribution in [1.82, 2.24) is 10.6 Å². The largest absolute Gasteiger partial charge is 0.493 e. The van der Waals surface area contributed by atoms with E-state index in [1.807, 2.05) is 12.1 Å². The molecule has 1 aliphatic rings. The lowest BCUT2D eigenvalue weighted by Crippen LogP contribution is -2.26. The Morgan fingerprint density at radius 3 is 2.25 bits per heavy atom. The summed E-state index contributed by atoms with van der Waals surface area (Å²) < 4.78 is 17.0. The highest BCUT2D eigenvalue weighted by molar-refractivity contribution is 5.83. The van der Waals surface area contributed by atoms with Gasteiger partial charge in [-0.2, -0.15) is 0 Å². The minimum absolute atomic E-state index is 0.00620. The van der Waals surface area contributed by atoms with E-state index in [1.54, 1.807) is 33.5 Å². The summed E-state index contributed by atoms with van der Waals surface area (Å²) in [4.78, 5) is 48.1. The second-order valence-electron chi connectivity index (χ2n) is 10.9. The molecule has 1 aliphatic carbocycles. The molecule has 0 fully saturated rings. The van der Waals surface area contributed by atoms with E-state index in [2.05, 4.69) is 16.0 Å². The Balaban J connectivity index is 1.69. The minimum atomic E-state index is -0.796. The number of hydrogen-bond donors (Lipinski definition) is 4. The summed E-state index contributed by atoms with van der Waals surface area (Å²) in [6.45, 7) is 2.59. The summed E-state index contributed by atoms with van der Waals surface area (Å²) in [5.74, 6) is 0.510. The first-order valence-corrected chi connectivity index (χ1v) is 15.2. The van der Waals surface area contributed by atoms with Crippen molar-refractivity contribution in [2.24, 2.45) is 0 Å². The van der Waals surface area contributed by atoms with Gasteiger partial charge in [0.2, 0.25) is 23.0 Å². The smallest absolute Gasteiger partial charge is 0.303 e. The standard InChI is InChI=1S/C33H45N3O8/c1-21(37)36-25-15-13-22-19-28(42-2)32(43-3)33(44-4)31(22)23-14-16-26(27(38)20-24(23)25)34-17-9-5-7-11-29(39)35-18-10-6-8-12-30(40)41/h14,16,19-20,25H,5-13,15,17-18H2,1-4H3,(H,34,38)(H,35,39)(H,36,37)(H,40,41)/t25-/m0/s1. The number of carboxylic acid groups (broad SMARTS) is 1. The first-order valence-electron chi connectivity index (χ1n) is 15.2. The number of unbranched alkanes of at least 4 members (excludes halogenated alkanes) is 4. The van der Waals surface area contributed by atoms with Crippen LogP contribution in [0.5, 0.6) is 17.2 Å². The Hall–Kier alpha value is -4.28. The van der Waals surface area contributed by atoms with Crippen LogP contribution < -0.4 is 35.6 Å². The maximum atomic E-state index is 13.4. The van der Waals surface area contributed by atoms with Gasteiger partial charge in [-0.25, -0.2) is 0 Å². The average Bonchev–Trinajstić information content (AvgIpc) is 3.23. The Morgan fingerprint density at radius 1 is 0.886 bits per heavy atom. The maximum absolute atomic E-state index is 13.4. The maximum Gasteiger partial charge on any atom is 0.303 e. The molecule has 240 valence electrons. The second kappa shape index (κ2) is 17.1. The van der Waals surface area contributed by atoms with Crippen LogP contribution in [0.25, 0.3) is 11.1 Å². The van der Waals surface area contributed by atoms with Crippen LogP contribution in [0.15, 0.2) is 29.1 Å². The number of aliphatic carboxylic acids is 1. The monoisotopic (exact) mass is 611 g/mol. The normalized spacial score (nSPS) is 13.5. The highest BCUT2D eigenvalue weighted by Gasteiger charge is 2.29. The summed E-state index contributed by atoms with van der Waals surface area (Å²) in [5.41, 5.74) is 3.49. The molecule has 11 heteroatoms. The fourth-order valence-corrected chi connectivity index (χ4v) is 5.56. The van der Waals surface area contributed by atoms with Gasteiger partial charge in [-0.15, -0.1) is 0 Å². The van der Waals surface area contributed by atoms with Crippen LogP contribution in [0.1, 0.15) is 81.9 Å². The van der Waals surface area contributed by atoms with Gasteiger partial charge in [-0.3, -0.25) is 19.2 Å². The van der Waals surface area contributed by atoms with Gasteiger partial charge in [0.1, 0.15) is 0 Å². The molecule has 0 aromatic heterocycles. The van der Waals surface area contributed by atoms with Gasteiger partial charge < -0.3 is 35.3 Å². The number of amides is 2. The van der Waals surface area contributed by atoms with Crippen LogP contribution in [0.3, 0.4) is 0 Å². The van der Waals surface area contributed by atoms with Crippen molar-refractivity contribution >= 4 is 23.5 Å². The third kappa shape index (κ3) is 9.36. The zero-order valence-electron chi connectivity index (χ0n) is 26.2. The molecule has 0 spiro atoms. The SMILES string of the molecule is COc1cc2c(c(OC)c1OC)-c1ccc(NCCCCCC(=O)NCCCCCC(=O)O)c(=O)cc1[C@@H](NC(C)=O)CC2. The van der Waals surface area contributed by atoms with Crippen molar-refractivity contribution in [3.63, 3.8) is 0 Å². The summed E-state index contributed by atoms with van der Waals surface area (Å²) in [6.07, 6.45) is 6.28. The fourth-order valence-electron chi connectivity index (χ4n) is 5.56. The number of carbonyl (C=O) groups is 3. The predicted octanol–water partition coefficient (Wildman–Crippen LogP) is 4.60. The Labute approximate surface area is 258 Å². The van der Waals surface area contributed by atoms with Crippen molar-refractivity contribution in [3.05, 3.63) is 45.6 Å². The van der Waals surface area contributed by atoms with Gasteiger partial charge >= 0.3 is 5.97 Å². The molecule has 11 nitrogen and oxygen atoms in total. The van der Waals surface area contributed by atoms with Crippen LogP contribution >= 0.6 is 0 Å². The molecule has 0 saturated carbocycles.